The van der Waals surface area contributed by atoms with Crippen molar-refractivity contribution in [2.45, 2.75) is 6.42 Å². The Morgan fingerprint density at radius 1 is 1.44 bits per heavy atom. The van der Waals surface area contributed by atoms with Crippen molar-refractivity contribution >= 4 is 17.7 Å². The molecule has 0 atom stereocenters. The minimum Gasteiger partial charge on any atom is -0.462 e. The highest BCUT2D eigenvalue weighted by atomic mass is 16.5. The van der Waals surface area contributed by atoms with E-state index >= 15 is 0 Å². The molecule has 80 valence electrons. The quantitative estimate of drug-likeness (QED) is 0.250. The maximum Gasteiger partial charge on any atom is 0.334 e. The minimum absolute atomic E-state index is 0.296. The maximum absolute atomic E-state index is 11.3. The van der Waals surface area contributed by atoms with E-state index in [0.29, 0.717) is 24.3 Å². The van der Waals surface area contributed by atoms with Gasteiger partial charge in [0.1, 0.15) is 0 Å². The number of esters is 1. The smallest absolute Gasteiger partial charge is 0.334 e. The van der Waals surface area contributed by atoms with Crippen LogP contribution >= 0.6 is 0 Å². The molecule has 1 aliphatic rings. The maximum atomic E-state index is 11.3. The number of benzene rings is 1. The molecule has 0 unspecified atom stereocenters. The van der Waals surface area contributed by atoms with Gasteiger partial charge in [-0.05, 0) is 17.2 Å². The molecule has 0 saturated carbocycles. The number of cyclic esters (lactones) is 1. The first-order chi connectivity index (χ1) is 7.81. The van der Waals surface area contributed by atoms with Crippen molar-refractivity contribution < 1.29 is 9.53 Å². The Hall–Kier alpha value is -2.26. The fraction of sp³-hybridized carbons (Fsp3) is 0.182. The summed E-state index contributed by atoms with van der Waals surface area (Å²) in [6, 6.07) is 7.09. The summed E-state index contributed by atoms with van der Waals surface area (Å²) in [6.07, 6.45) is 2.31. The van der Waals surface area contributed by atoms with Crippen LogP contribution in [0.4, 0.5) is 5.69 Å². The summed E-state index contributed by atoms with van der Waals surface area (Å²) in [6.45, 7) is 0.425. The van der Waals surface area contributed by atoms with Crippen LogP contribution in [-0.2, 0) is 9.53 Å². The zero-order chi connectivity index (χ0) is 11.4. The zero-order valence-corrected chi connectivity index (χ0v) is 8.46. The first-order valence-electron chi connectivity index (χ1n) is 4.83. The second-order valence-corrected chi connectivity index (χ2v) is 3.30. The molecule has 0 amide bonds. The predicted molar refractivity (Wildman–Crippen MR) is 58.8 cm³/mol. The molecule has 0 spiro atoms. The molecule has 0 N–H and O–H groups in total. The van der Waals surface area contributed by atoms with Crippen molar-refractivity contribution in [2.75, 3.05) is 6.61 Å². The first-order valence-corrected chi connectivity index (χ1v) is 4.83. The highest BCUT2D eigenvalue weighted by molar-refractivity contribution is 5.96. The van der Waals surface area contributed by atoms with Gasteiger partial charge in [0, 0.05) is 22.6 Å². The van der Waals surface area contributed by atoms with Crippen molar-refractivity contribution in [3.05, 3.63) is 45.8 Å². The topological polar surface area (TPSA) is 75.1 Å². The van der Waals surface area contributed by atoms with Gasteiger partial charge >= 0.3 is 5.97 Å². The van der Waals surface area contributed by atoms with E-state index in [2.05, 4.69) is 10.0 Å². The van der Waals surface area contributed by atoms with E-state index in [4.69, 9.17) is 10.3 Å². The predicted octanol–water partition coefficient (Wildman–Crippen LogP) is 2.96. The molecule has 0 radical (unpaired) electrons. The van der Waals surface area contributed by atoms with Gasteiger partial charge in [-0.2, -0.15) is 0 Å². The highest BCUT2D eigenvalue weighted by Crippen LogP contribution is 2.24. The molecule has 0 aliphatic carbocycles. The molecule has 1 aromatic carbocycles. The Labute approximate surface area is 92.0 Å². The number of rotatable bonds is 2. The number of ether oxygens (including phenoxy) is 1. The highest BCUT2D eigenvalue weighted by Gasteiger charge is 2.18. The number of hydrogen-bond acceptors (Lipinski definition) is 3. The van der Waals surface area contributed by atoms with E-state index in [1.807, 2.05) is 6.07 Å². The lowest BCUT2D eigenvalue weighted by molar-refractivity contribution is -0.134. The fourth-order valence-corrected chi connectivity index (χ4v) is 1.52. The van der Waals surface area contributed by atoms with Gasteiger partial charge < -0.3 is 4.74 Å². The standard InChI is InChI=1S/C11H9N3O2/c12-14-13-10-4-2-1-3-8(10)7-9-5-6-16-11(9)15/h1-4,7H,5-6H2. The minimum atomic E-state index is -0.296. The molecule has 5 nitrogen and oxygen atoms in total. The molecular weight excluding hydrogens is 206 g/mol. The van der Waals surface area contributed by atoms with Gasteiger partial charge in [-0.15, -0.1) is 0 Å². The van der Waals surface area contributed by atoms with Crippen LogP contribution in [0.25, 0.3) is 16.5 Å². The lowest BCUT2D eigenvalue weighted by Crippen LogP contribution is -1.94. The molecule has 1 aromatic rings. The molecule has 2 rings (SSSR count). The third-order valence-corrected chi connectivity index (χ3v) is 2.29. The van der Waals surface area contributed by atoms with E-state index < -0.39 is 0 Å². The number of azide groups is 1. The number of nitrogens with zero attached hydrogens (tertiary/aromatic N) is 3. The Morgan fingerprint density at radius 3 is 2.94 bits per heavy atom. The summed E-state index contributed by atoms with van der Waals surface area (Å²) in [5, 5.41) is 3.56. The summed E-state index contributed by atoms with van der Waals surface area (Å²) in [4.78, 5) is 14.0. The molecule has 1 saturated heterocycles. The lowest BCUT2D eigenvalue weighted by atomic mass is 10.1. The summed E-state index contributed by atoms with van der Waals surface area (Å²) >= 11 is 0. The van der Waals surface area contributed by atoms with E-state index in [-0.39, 0.29) is 5.97 Å². The Balaban J connectivity index is 2.40. The summed E-state index contributed by atoms with van der Waals surface area (Å²) in [7, 11) is 0. The van der Waals surface area contributed by atoms with Gasteiger partial charge in [-0.3, -0.25) is 0 Å². The summed E-state index contributed by atoms with van der Waals surface area (Å²) in [5.74, 6) is -0.296. The van der Waals surface area contributed by atoms with Crippen LogP contribution in [0.5, 0.6) is 0 Å². The molecule has 0 aromatic heterocycles. The molecule has 16 heavy (non-hydrogen) atoms. The second-order valence-electron chi connectivity index (χ2n) is 3.30. The van der Waals surface area contributed by atoms with E-state index in [1.54, 1.807) is 24.3 Å². The van der Waals surface area contributed by atoms with Gasteiger partial charge in [0.2, 0.25) is 0 Å². The van der Waals surface area contributed by atoms with E-state index in [9.17, 15) is 4.79 Å². The largest absolute Gasteiger partial charge is 0.462 e. The average Bonchev–Trinajstić information content (AvgIpc) is 2.68. The molecule has 1 fully saturated rings. The third kappa shape index (κ3) is 2.04. The van der Waals surface area contributed by atoms with Gasteiger partial charge in [0.15, 0.2) is 0 Å². The lowest BCUT2D eigenvalue weighted by Gasteiger charge is -1.99. The van der Waals surface area contributed by atoms with Gasteiger partial charge in [-0.25, -0.2) is 4.79 Å². The normalized spacial score (nSPS) is 17.0. The van der Waals surface area contributed by atoms with Crippen LogP contribution in [-0.4, -0.2) is 12.6 Å². The van der Waals surface area contributed by atoms with Crippen molar-refractivity contribution in [1.29, 1.82) is 0 Å². The fourth-order valence-electron chi connectivity index (χ4n) is 1.52. The van der Waals surface area contributed by atoms with Crippen LogP contribution in [0.2, 0.25) is 0 Å². The molecule has 1 heterocycles. The van der Waals surface area contributed by atoms with Crippen LogP contribution in [0.3, 0.4) is 0 Å². The average molecular weight is 215 g/mol. The van der Waals surface area contributed by atoms with Gasteiger partial charge in [0.05, 0.1) is 6.61 Å². The number of carbonyl (C=O) groups excluding carboxylic acids is 1. The van der Waals surface area contributed by atoms with Gasteiger partial charge in [-0.1, -0.05) is 29.4 Å². The molecular formula is C11H9N3O2. The van der Waals surface area contributed by atoms with Crippen molar-refractivity contribution in [3.63, 3.8) is 0 Å². The van der Waals surface area contributed by atoms with Gasteiger partial charge in [0.25, 0.3) is 0 Å². The number of hydrogen-bond donors (Lipinski definition) is 0. The Morgan fingerprint density at radius 2 is 2.25 bits per heavy atom. The monoisotopic (exact) mass is 215 g/mol. The third-order valence-electron chi connectivity index (χ3n) is 2.29. The van der Waals surface area contributed by atoms with Crippen molar-refractivity contribution in [3.8, 4) is 0 Å². The summed E-state index contributed by atoms with van der Waals surface area (Å²) in [5.41, 5.74) is 10.3. The zero-order valence-electron chi connectivity index (χ0n) is 8.46. The Kier molecular flexibility index (Phi) is 2.89. The van der Waals surface area contributed by atoms with Crippen LogP contribution in [0.15, 0.2) is 35.0 Å². The molecule has 5 heteroatoms. The first kappa shape index (κ1) is 10.3. The van der Waals surface area contributed by atoms with E-state index in [1.165, 1.54) is 0 Å². The van der Waals surface area contributed by atoms with Crippen molar-refractivity contribution in [2.24, 2.45) is 5.11 Å². The molecule has 1 aliphatic heterocycles. The van der Waals surface area contributed by atoms with Crippen molar-refractivity contribution in [1.82, 2.24) is 0 Å². The summed E-state index contributed by atoms with van der Waals surface area (Å²) < 4.78 is 4.83. The SMILES string of the molecule is [N-]=[N+]=Nc1ccccc1C=C1CCOC1=O. The Bertz CT molecular complexity index is 502. The second kappa shape index (κ2) is 4.51. The molecule has 0 bridgehead atoms. The number of carbonyl (C=O) groups is 1. The van der Waals surface area contributed by atoms with Crippen LogP contribution in [0, 0.1) is 0 Å². The van der Waals surface area contributed by atoms with E-state index in [0.717, 1.165) is 5.56 Å². The van der Waals surface area contributed by atoms with Crippen LogP contribution in [0.1, 0.15) is 12.0 Å². The van der Waals surface area contributed by atoms with Crippen LogP contribution < -0.4 is 0 Å².